The number of hydrogen-bond donors (Lipinski definition) is 1. The smallest absolute Gasteiger partial charge is 0.323 e. The van der Waals surface area contributed by atoms with Crippen molar-refractivity contribution in [1.82, 2.24) is 34.6 Å². The Kier molecular flexibility index (Phi) is 3.42. The van der Waals surface area contributed by atoms with Crippen LogP contribution >= 0.6 is 0 Å². The molecule has 3 rings (SSSR count). The maximum Gasteiger partial charge on any atom is 0.323 e. The van der Waals surface area contributed by atoms with Gasteiger partial charge >= 0.3 is 6.01 Å². The molecule has 0 spiro atoms. The minimum atomic E-state index is 0.105. The molecular formula is C11H16N8O. The first-order valence-electron chi connectivity index (χ1n) is 6.42. The summed E-state index contributed by atoms with van der Waals surface area (Å²) in [6.45, 7) is 2.00. The molecule has 0 unspecified atom stereocenters. The Labute approximate surface area is 115 Å². The fourth-order valence-corrected chi connectivity index (χ4v) is 2.08. The van der Waals surface area contributed by atoms with Crippen LogP contribution in [-0.2, 0) is 0 Å². The van der Waals surface area contributed by atoms with Crippen molar-refractivity contribution in [1.29, 1.82) is 0 Å². The van der Waals surface area contributed by atoms with Crippen molar-refractivity contribution in [2.75, 3.05) is 25.9 Å². The minimum Gasteiger partial charge on any atom is -0.460 e. The van der Waals surface area contributed by atoms with Gasteiger partial charge in [0.2, 0.25) is 5.95 Å². The van der Waals surface area contributed by atoms with Gasteiger partial charge in [-0.05, 0) is 19.9 Å². The summed E-state index contributed by atoms with van der Waals surface area (Å²) in [7, 11) is 2.10. The molecule has 0 bridgehead atoms. The fourth-order valence-electron chi connectivity index (χ4n) is 2.08. The molecule has 1 saturated heterocycles. The van der Waals surface area contributed by atoms with Crippen LogP contribution < -0.4 is 10.5 Å². The lowest BCUT2D eigenvalue weighted by atomic mass is 10.1. The lowest BCUT2D eigenvalue weighted by Gasteiger charge is -2.28. The number of nitrogens with two attached hydrogens (primary N) is 1. The van der Waals surface area contributed by atoms with Crippen LogP contribution in [0, 0.1) is 0 Å². The topological polar surface area (TPSA) is 108 Å². The van der Waals surface area contributed by atoms with E-state index in [2.05, 4.69) is 37.0 Å². The van der Waals surface area contributed by atoms with Crippen LogP contribution in [0.2, 0.25) is 0 Å². The Hall–Kier alpha value is -2.29. The van der Waals surface area contributed by atoms with Crippen molar-refractivity contribution in [3.63, 3.8) is 0 Å². The number of likely N-dealkylation sites (tertiary alicyclic amines) is 1. The maximum absolute atomic E-state index is 5.79. The SMILES string of the molecule is CN1CCC(Oc2nc(N)nc(-n3cncn3)n2)CC1. The van der Waals surface area contributed by atoms with Crippen LogP contribution in [0.25, 0.3) is 5.95 Å². The molecule has 0 saturated carbocycles. The van der Waals surface area contributed by atoms with Gasteiger partial charge < -0.3 is 15.4 Å². The van der Waals surface area contributed by atoms with E-state index in [0.29, 0.717) is 5.95 Å². The predicted molar refractivity (Wildman–Crippen MR) is 70.3 cm³/mol. The standard InChI is InChI=1S/C11H16N8O/c1-18-4-2-8(3-5-18)20-11-16-9(12)15-10(17-11)19-7-13-6-14-19/h6-8H,2-5H2,1H3,(H2,12,15,16,17). The molecule has 9 nitrogen and oxygen atoms in total. The second-order valence-corrected chi connectivity index (χ2v) is 4.74. The highest BCUT2D eigenvalue weighted by Gasteiger charge is 2.20. The molecule has 1 aliphatic rings. The summed E-state index contributed by atoms with van der Waals surface area (Å²) < 4.78 is 7.21. The average Bonchev–Trinajstić information content (AvgIpc) is 2.95. The third-order valence-electron chi connectivity index (χ3n) is 3.18. The van der Waals surface area contributed by atoms with Crippen molar-refractivity contribution >= 4 is 5.95 Å². The van der Waals surface area contributed by atoms with Gasteiger partial charge in [0.15, 0.2) is 0 Å². The van der Waals surface area contributed by atoms with Crippen molar-refractivity contribution in [3.05, 3.63) is 12.7 Å². The number of ether oxygens (including phenoxy) is 1. The highest BCUT2D eigenvalue weighted by atomic mass is 16.5. The zero-order valence-corrected chi connectivity index (χ0v) is 11.2. The monoisotopic (exact) mass is 276 g/mol. The number of rotatable bonds is 3. The fraction of sp³-hybridized carbons (Fsp3) is 0.545. The molecule has 2 aromatic rings. The van der Waals surface area contributed by atoms with E-state index in [4.69, 9.17) is 10.5 Å². The van der Waals surface area contributed by atoms with E-state index >= 15 is 0 Å². The predicted octanol–water partition coefficient (Wildman–Crippen LogP) is -0.492. The highest BCUT2D eigenvalue weighted by molar-refractivity contribution is 5.24. The molecule has 0 aliphatic carbocycles. The van der Waals surface area contributed by atoms with E-state index in [1.807, 2.05) is 0 Å². The van der Waals surface area contributed by atoms with Crippen LogP contribution in [-0.4, -0.2) is 60.9 Å². The molecule has 9 heteroatoms. The lowest BCUT2D eigenvalue weighted by Crippen LogP contribution is -2.36. The third kappa shape index (κ3) is 2.82. The van der Waals surface area contributed by atoms with Gasteiger partial charge in [0.1, 0.15) is 18.8 Å². The van der Waals surface area contributed by atoms with E-state index in [1.54, 1.807) is 0 Å². The largest absolute Gasteiger partial charge is 0.460 e. The molecule has 0 radical (unpaired) electrons. The second kappa shape index (κ2) is 5.37. The van der Waals surface area contributed by atoms with Crippen molar-refractivity contribution in [2.24, 2.45) is 0 Å². The van der Waals surface area contributed by atoms with Gasteiger partial charge in [-0.2, -0.15) is 24.7 Å². The third-order valence-corrected chi connectivity index (χ3v) is 3.18. The van der Waals surface area contributed by atoms with E-state index in [9.17, 15) is 0 Å². The Balaban J connectivity index is 1.76. The highest BCUT2D eigenvalue weighted by Crippen LogP contribution is 2.16. The normalized spacial score (nSPS) is 17.2. The Bertz CT molecular complexity index is 564. The van der Waals surface area contributed by atoms with E-state index < -0.39 is 0 Å². The summed E-state index contributed by atoms with van der Waals surface area (Å²) in [6, 6.07) is 0.234. The first-order chi connectivity index (χ1) is 9.70. The van der Waals surface area contributed by atoms with Crippen LogP contribution in [0.15, 0.2) is 12.7 Å². The van der Waals surface area contributed by atoms with E-state index in [1.165, 1.54) is 17.3 Å². The number of aromatic nitrogens is 6. The molecule has 0 atom stereocenters. The lowest BCUT2D eigenvalue weighted by molar-refractivity contribution is 0.105. The van der Waals surface area contributed by atoms with E-state index in [-0.39, 0.29) is 18.1 Å². The zero-order valence-electron chi connectivity index (χ0n) is 11.2. The van der Waals surface area contributed by atoms with Gasteiger partial charge in [-0.25, -0.2) is 4.98 Å². The number of anilines is 1. The average molecular weight is 276 g/mol. The summed E-state index contributed by atoms with van der Waals surface area (Å²) in [5, 5.41) is 3.96. The molecule has 106 valence electrons. The molecule has 3 heterocycles. The van der Waals surface area contributed by atoms with Gasteiger partial charge in [0, 0.05) is 13.1 Å². The molecular weight excluding hydrogens is 260 g/mol. The maximum atomic E-state index is 5.79. The van der Waals surface area contributed by atoms with Crippen LogP contribution in [0.1, 0.15) is 12.8 Å². The van der Waals surface area contributed by atoms with E-state index in [0.717, 1.165) is 25.9 Å². The number of hydrogen-bond acceptors (Lipinski definition) is 8. The summed E-state index contributed by atoms with van der Waals surface area (Å²) in [5.41, 5.74) is 5.68. The van der Waals surface area contributed by atoms with Crippen molar-refractivity contribution < 1.29 is 4.74 Å². The number of nitrogens with zero attached hydrogens (tertiary/aromatic N) is 7. The van der Waals surface area contributed by atoms with Crippen molar-refractivity contribution in [2.45, 2.75) is 18.9 Å². The second-order valence-electron chi connectivity index (χ2n) is 4.74. The molecule has 2 N–H and O–H groups in total. The van der Waals surface area contributed by atoms with Gasteiger partial charge in [-0.3, -0.25) is 0 Å². The summed E-state index contributed by atoms with van der Waals surface area (Å²) >= 11 is 0. The summed E-state index contributed by atoms with van der Waals surface area (Å²) in [6.07, 6.45) is 4.89. The first-order valence-corrected chi connectivity index (χ1v) is 6.42. The Morgan fingerprint density at radius 2 is 2.05 bits per heavy atom. The zero-order chi connectivity index (χ0) is 13.9. The summed E-state index contributed by atoms with van der Waals surface area (Å²) in [4.78, 5) is 18.3. The molecule has 1 aliphatic heterocycles. The van der Waals surface area contributed by atoms with Crippen LogP contribution in [0.5, 0.6) is 6.01 Å². The Morgan fingerprint density at radius 3 is 2.75 bits per heavy atom. The van der Waals surface area contributed by atoms with Crippen LogP contribution in [0.3, 0.4) is 0 Å². The summed E-state index contributed by atoms with van der Waals surface area (Å²) in [5.74, 6) is 0.409. The van der Waals surface area contributed by atoms with Crippen molar-refractivity contribution in [3.8, 4) is 12.0 Å². The van der Waals surface area contributed by atoms with Gasteiger partial charge in [0.25, 0.3) is 5.95 Å². The van der Waals surface area contributed by atoms with Gasteiger partial charge in [-0.15, -0.1) is 0 Å². The molecule has 0 aromatic carbocycles. The van der Waals surface area contributed by atoms with Gasteiger partial charge in [0.05, 0.1) is 0 Å². The molecule has 0 amide bonds. The quantitative estimate of drug-likeness (QED) is 0.800. The molecule has 1 fully saturated rings. The molecule has 2 aromatic heterocycles. The minimum absolute atomic E-state index is 0.105. The van der Waals surface area contributed by atoms with Crippen LogP contribution in [0.4, 0.5) is 5.95 Å². The number of nitrogen functional groups attached to an aromatic ring is 1. The van der Waals surface area contributed by atoms with Gasteiger partial charge in [-0.1, -0.05) is 0 Å². The Morgan fingerprint density at radius 1 is 1.25 bits per heavy atom. The molecule has 20 heavy (non-hydrogen) atoms. The first kappa shape index (κ1) is 12.7. The number of piperidine rings is 1.